The number of hydrogen-bond donors (Lipinski definition) is 2. The molecule has 7 heteroatoms. The molecule has 0 aromatic rings. The van der Waals surface area contributed by atoms with Gasteiger partial charge in [0, 0.05) is 25.7 Å². The van der Waals surface area contributed by atoms with Crippen molar-refractivity contribution in [2.75, 3.05) is 26.2 Å². The summed E-state index contributed by atoms with van der Waals surface area (Å²) in [4.78, 5) is 37.7. The van der Waals surface area contributed by atoms with Crippen LogP contribution in [-0.2, 0) is 14.3 Å². The Morgan fingerprint density at radius 3 is 2.36 bits per heavy atom. The summed E-state index contributed by atoms with van der Waals surface area (Å²) in [5, 5.41) is 5.95. The van der Waals surface area contributed by atoms with Gasteiger partial charge in [0.05, 0.1) is 18.4 Å². The molecule has 7 nitrogen and oxygen atoms in total. The molecule has 142 valence electrons. The van der Waals surface area contributed by atoms with Crippen LogP contribution in [0.1, 0.15) is 46.5 Å². The Labute approximate surface area is 149 Å². The van der Waals surface area contributed by atoms with Crippen molar-refractivity contribution in [1.82, 2.24) is 15.5 Å². The lowest BCUT2D eigenvalue weighted by atomic mass is 10.1. The Hall–Kier alpha value is -1.79. The molecule has 2 fully saturated rings. The van der Waals surface area contributed by atoms with Crippen LogP contribution >= 0.6 is 0 Å². The highest BCUT2D eigenvalue weighted by atomic mass is 16.6. The maximum absolute atomic E-state index is 12.3. The summed E-state index contributed by atoms with van der Waals surface area (Å²) in [7, 11) is 0. The van der Waals surface area contributed by atoms with Gasteiger partial charge >= 0.3 is 6.09 Å². The van der Waals surface area contributed by atoms with Gasteiger partial charge in [0.15, 0.2) is 0 Å². The standard InChI is InChI=1S/C18H31N3O4/c1-4-25-18(24)21-9-6-13(7-10-21)20-17(23)15-11-14(15)16(22)19-8-5-12(2)3/h12-15H,4-11H2,1-3H3,(H,19,22)(H,20,23). The number of nitrogens with one attached hydrogen (secondary N) is 2. The highest BCUT2D eigenvalue weighted by molar-refractivity contribution is 5.92. The molecule has 25 heavy (non-hydrogen) atoms. The third-order valence-corrected chi connectivity index (χ3v) is 4.85. The fourth-order valence-electron chi connectivity index (χ4n) is 3.12. The highest BCUT2D eigenvalue weighted by Gasteiger charge is 2.48. The monoisotopic (exact) mass is 353 g/mol. The van der Waals surface area contributed by atoms with Crippen LogP contribution < -0.4 is 10.6 Å². The van der Waals surface area contributed by atoms with E-state index in [-0.39, 0.29) is 35.8 Å². The molecule has 2 rings (SSSR count). The van der Waals surface area contributed by atoms with E-state index in [0.717, 1.165) is 19.3 Å². The zero-order chi connectivity index (χ0) is 18.4. The van der Waals surface area contributed by atoms with Crippen molar-refractivity contribution >= 4 is 17.9 Å². The van der Waals surface area contributed by atoms with Crippen molar-refractivity contribution in [2.45, 2.75) is 52.5 Å². The molecule has 2 aliphatic rings. The van der Waals surface area contributed by atoms with E-state index in [1.165, 1.54) is 0 Å². The van der Waals surface area contributed by atoms with E-state index in [0.29, 0.717) is 38.6 Å². The fourth-order valence-corrected chi connectivity index (χ4v) is 3.12. The number of hydrogen-bond acceptors (Lipinski definition) is 4. The molecule has 0 spiro atoms. The molecular weight excluding hydrogens is 322 g/mol. The average molecular weight is 353 g/mol. The minimum absolute atomic E-state index is 0.00192. The smallest absolute Gasteiger partial charge is 0.409 e. The van der Waals surface area contributed by atoms with Gasteiger partial charge in [-0.15, -0.1) is 0 Å². The lowest BCUT2D eigenvalue weighted by molar-refractivity contribution is -0.127. The zero-order valence-corrected chi connectivity index (χ0v) is 15.5. The first-order valence-corrected chi connectivity index (χ1v) is 9.42. The van der Waals surface area contributed by atoms with Crippen LogP contribution in [0.15, 0.2) is 0 Å². The Morgan fingerprint density at radius 2 is 1.76 bits per heavy atom. The van der Waals surface area contributed by atoms with Crippen molar-refractivity contribution < 1.29 is 19.1 Å². The van der Waals surface area contributed by atoms with Crippen LogP contribution in [0.25, 0.3) is 0 Å². The summed E-state index contributed by atoms with van der Waals surface area (Å²) in [6.45, 7) is 8.25. The number of likely N-dealkylation sites (tertiary alicyclic amines) is 1. The van der Waals surface area contributed by atoms with Crippen molar-refractivity contribution in [1.29, 1.82) is 0 Å². The maximum Gasteiger partial charge on any atom is 0.409 e. The van der Waals surface area contributed by atoms with Crippen LogP contribution in [0.3, 0.4) is 0 Å². The summed E-state index contributed by atoms with van der Waals surface area (Å²) in [6.07, 6.45) is 2.76. The third-order valence-electron chi connectivity index (χ3n) is 4.85. The van der Waals surface area contributed by atoms with Crippen LogP contribution in [-0.4, -0.2) is 55.1 Å². The summed E-state index contributed by atoms with van der Waals surface area (Å²) in [6, 6.07) is 0.0726. The number of rotatable bonds is 7. The van der Waals surface area contributed by atoms with Gasteiger partial charge in [-0.05, 0) is 38.5 Å². The molecule has 0 aromatic heterocycles. The molecule has 1 heterocycles. The second-order valence-electron chi connectivity index (χ2n) is 7.39. The minimum atomic E-state index is -0.285. The maximum atomic E-state index is 12.3. The number of piperidine rings is 1. The zero-order valence-electron chi connectivity index (χ0n) is 15.5. The normalized spacial score (nSPS) is 23.3. The summed E-state index contributed by atoms with van der Waals surface area (Å²) >= 11 is 0. The molecule has 2 unspecified atom stereocenters. The molecule has 3 amide bonds. The molecule has 1 aliphatic carbocycles. The van der Waals surface area contributed by atoms with Gasteiger partial charge < -0.3 is 20.3 Å². The number of amides is 3. The SMILES string of the molecule is CCOC(=O)N1CCC(NC(=O)C2CC2C(=O)NCCC(C)C)CC1. The van der Waals surface area contributed by atoms with E-state index < -0.39 is 0 Å². The van der Waals surface area contributed by atoms with Crippen molar-refractivity contribution in [2.24, 2.45) is 17.8 Å². The fraction of sp³-hybridized carbons (Fsp3) is 0.833. The van der Waals surface area contributed by atoms with E-state index in [9.17, 15) is 14.4 Å². The average Bonchev–Trinajstić information content (AvgIpc) is 3.36. The summed E-state index contributed by atoms with van der Waals surface area (Å²) < 4.78 is 4.99. The molecule has 0 aromatic carbocycles. The van der Waals surface area contributed by atoms with Gasteiger partial charge in [-0.25, -0.2) is 4.79 Å². The van der Waals surface area contributed by atoms with Crippen LogP contribution in [0.5, 0.6) is 0 Å². The van der Waals surface area contributed by atoms with E-state index in [4.69, 9.17) is 4.74 Å². The van der Waals surface area contributed by atoms with E-state index in [1.807, 2.05) is 0 Å². The largest absolute Gasteiger partial charge is 0.450 e. The lowest BCUT2D eigenvalue weighted by Gasteiger charge is -2.31. The van der Waals surface area contributed by atoms with Gasteiger partial charge in [0.25, 0.3) is 0 Å². The molecule has 1 saturated carbocycles. The molecule has 0 bridgehead atoms. The lowest BCUT2D eigenvalue weighted by Crippen LogP contribution is -2.47. The summed E-state index contributed by atoms with van der Waals surface area (Å²) in [5.74, 6) is 0.157. The van der Waals surface area contributed by atoms with E-state index in [1.54, 1.807) is 11.8 Å². The topological polar surface area (TPSA) is 87.7 Å². The minimum Gasteiger partial charge on any atom is -0.450 e. The molecule has 2 atom stereocenters. The Kier molecular flexibility index (Phi) is 7.08. The van der Waals surface area contributed by atoms with Gasteiger partial charge in [-0.2, -0.15) is 0 Å². The van der Waals surface area contributed by atoms with Crippen molar-refractivity contribution in [3.63, 3.8) is 0 Å². The van der Waals surface area contributed by atoms with Crippen LogP contribution in [0.4, 0.5) is 4.79 Å². The number of carbonyl (C=O) groups is 3. The second-order valence-corrected chi connectivity index (χ2v) is 7.39. The third kappa shape index (κ3) is 5.90. The second kappa shape index (κ2) is 9.06. The quantitative estimate of drug-likeness (QED) is 0.726. The predicted molar refractivity (Wildman–Crippen MR) is 93.8 cm³/mol. The Balaban J connectivity index is 1.65. The molecule has 1 saturated heterocycles. The predicted octanol–water partition coefficient (Wildman–Crippen LogP) is 1.52. The Bertz CT molecular complexity index is 487. The first-order valence-electron chi connectivity index (χ1n) is 9.42. The summed E-state index contributed by atoms with van der Waals surface area (Å²) in [5.41, 5.74) is 0. The first kappa shape index (κ1) is 19.5. The van der Waals surface area contributed by atoms with Gasteiger partial charge in [-0.1, -0.05) is 13.8 Å². The van der Waals surface area contributed by atoms with Crippen molar-refractivity contribution in [3.8, 4) is 0 Å². The molecular formula is C18H31N3O4. The van der Waals surface area contributed by atoms with E-state index in [2.05, 4.69) is 24.5 Å². The van der Waals surface area contributed by atoms with Gasteiger partial charge in [0.2, 0.25) is 11.8 Å². The van der Waals surface area contributed by atoms with Gasteiger partial charge in [0.1, 0.15) is 0 Å². The van der Waals surface area contributed by atoms with Crippen molar-refractivity contribution in [3.05, 3.63) is 0 Å². The Morgan fingerprint density at radius 1 is 1.12 bits per heavy atom. The molecule has 2 N–H and O–H groups in total. The molecule has 0 radical (unpaired) electrons. The van der Waals surface area contributed by atoms with Gasteiger partial charge in [-0.3, -0.25) is 9.59 Å². The van der Waals surface area contributed by atoms with Crippen LogP contribution in [0, 0.1) is 17.8 Å². The number of ether oxygens (including phenoxy) is 1. The number of nitrogens with zero attached hydrogens (tertiary/aromatic N) is 1. The van der Waals surface area contributed by atoms with E-state index >= 15 is 0 Å². The highest BCUT2D eigenvalue weighted by Crippen LogP contribution is 2.39. The number of carbonyl (C=O) groups excluding carboxylic acids is 3. The van der Waals surface area contributed by atoms with Crippen LogP contribution in [0.2, 0.25) is 0 Å². The molecule has 1 aliphatic heterocycles. The first-order chi connectivity index (χ1) is 11.9.